The molecule has 1 unspecified atom stereocenters. The molecule has 21 heavy (non-hydrogen) atoms. The van der Waals surface area contributed by atoms with E-state index < -0.39 is 0 Å². The third kappa shape index (κ3) is 5.59. The molecular weight excluding hydrogens is 272 g/mol. The van der Waals surface area contributed by atoms with Gasteiger partial charge in [0.2, 0.25) is 0 Å². The first-order chi connectivity index (χ1) is 9.85. The number of benzene rings is 2. The van der Waals surface area contributed by atoms with Gasteiger partial charge in [0.1, 0.15) is 0 Å². The second-order valence-electron chi connectivity index (χ2n) is 5.94. The van der Waals surface area contributed by atoms with E-state index in [2.05, 4.69) is 84.5 Å². The molecule has 0 nitrogen and oxygen atoms in total. The number of hydrogen-bond acceptors (Lipinski definition) is 1. The van der Waals surface area contributed by atoms with Gasteiger partial charge in [-0.2, -0.15) is 0 Å². The van der Waals surface area contributed by atoms with E-state index in [1.807, 2.05) is 6.07 Å². The molecule has 0 saturated heterocycles. The lowest BCUT2D eigenvalue weighted by Crippen LogP contribution is -1.92. The van der Waals surface area contributed by atoms with Gasteiger partial charge in [-0.15, -0.1) is 12.6 Å². The maximum absolute atomic E-state index is 4.25. The molecule has 1 atom stereocenters. The van der Waals surface area contributed by atoms with E-state index in [1.165, 1.54) is 34.2 Å². The van der Waals surface area contributed by atoms with Gasteiger partial charge in [0.05, 0.1) is 0 Å². The summed E-state index contributed by atoms with van der Waals surface area (Å²) in [7, 11) is 0. The Bertz CT molecular complexity index is 584. The van der Waals surface area contributed by atoms with Crippen LogP contribution in [0.15, 0.2) is 41.3 Å². The number of thiol groups is 1. The first kappa shape index (κ1) is 17.8. The molecule has 0 spiro atoms. The lowest BCUT2D eigenvalue weighted by Gasteiger charge is -2.10. The van der Waals surface area contributed by atoms with E-state index >= 15 is 0 Å². The monoisotopic (exact) mass is 300 g/mol. The number of aryl methyl sites for hydroxylation is 4. The molecule has 114 valence electrons. The van der Waals surface area contributed by atoms with E-state index in [9.17, 15) is 0 Å². The number of rotatable bonds is 2. The van der Waals surface area contributed by atoms with Crippen LogP contribution in [0.4, 0.5) is 0 Å². The molecule has 0 N–H and O–H groups in total. The second-order valence-corrected chi connectivity index (χ2v) is 6.42. The van der Waals surface area contributed by atoms with Crippen LogP contribution in [-0.2, 0) is 0 Å². The fourth-order valence-corrected chi connectivity index (χ4v) is 2.25. The van der Waals surface area contributed by atoms with Crippen LogP contribution in [-0.4, -0.2) is 0 Å². The van der Waals surface area contributed by atoms with Gasteiger partial charge >= 0.3 is 0 Å². The molecule has 0 radical (unpaired) electrons. The van der Waals surface area contributed by atoms with Crippen molar-refractivity contribution in [1.29, 1.82) is 0 Å². The van der Waals surface area contributed by atoms with Crippen molar-refractivity contribution in [2.45, 2.75) is 58.8 Å². The van der Waals surface area contributed by atoms with Crippen molar-refractivity contribution >= 4 is 12.6 Å². The van der Waals surface area contributed by atoms with Crippen LogP contribution < -0.4 is 0 Å². The fraction of sp³-hybridized carbons (Fsp3) is 0.400. The van der Waals surface area contributed by atoms with Crippen LogP contribution in [0.5, 0.6) is 0 Å². The summed E-state index contributed by atoms with van der Waals surface area (Å²) in [6, 6.07) is 13.0. The van der Waals surface area contributed by atoms with Gasteiger partial charge in [-0.1, -0.05) is 49.7 Å². The SMILES string of the molecule is CCC(C)c1ccc(C)c(C)c1.Cc1ccc(S)c(C)c1. The molecule has 2 aromatic carbocycles. The van der Waals surface area contributed by atoms with Crippen LogP contribution in [0.1, 0.15) is 54.0 Å². The Kier molecular flexibility index (Phi) is 7.04. The predicted octanol–water partition coefficient (Wildman–Crippen LogP) is 6.41. The van der Waals surface area contributed by atoms with E-state index in [-0.39, 0.29) is 0 Å². The molecule has 2 rings (SSSR count). The Hall–Kier alpha value is -1.21. The topological polar surface area (TPSA) is 0 Å². The predicted molar refractivity (Wildman–Crippen MR) is 97.8 cm³/mol. The normalized spacial score (nSPS) is 11.6. The quantitative estimate of drug-likeness (QED) is 0.609. The highest BCUT2D eigenvalue weighted by Crippen LogP contribution is 2.20. The molecule has 0 bridgehead atoms. The first-order valence-electron chi connectivity index (χ1n) is 7.68. The molecule has 0 fully saturated rings. The van der Waals surface area contributed by atoms with Crippen molar-refractivity contribution in [2.75, 3.05) is 0 Å². The second kappa shape index (κ2) is 8.29. The molecule has 0 aliphatic heterocycles. The van der Waals surface area contributed by atoms with Crippen LogP contribution in [0.2, 0.25) is 0 Å². The first-order valence-corrected chi connectivity index (χ1v) is 8.13. The van der Waals surface area contributed by atoms with Gasteiger partial charge in [-0.05, 0) is 68.4 Å². The molecule has 1 heteroatoms. The highest BCUT2D eigenvalue weighted by molar-refractivity contribution is 7.80. The Labute approximate surface area is 136 Å². The standard InChI is InChI=1S/C12H18.C8H10S/c1-5-9(2)12-7-6-10(3)11(4)8-12;1-6-3-4-8(9)7(2)5-6/h6-9H,5H2,1-4H3;3-5,9H,1-2H3. The van der Waals surface area contributed by atoms with Gasteiger partial charge < -0.3 is 0 Å². The maximum atomic E-state index is 4.25. The minimum Gasteiger partial charge on any atom is -0.143 e. The third-order valence-electron chi connectivity index (χ3n) is 4.06. The lowest BCUT2D eigenvalue weighted by atomic mass is 9.95. The highest BCUT2D eigenvalue weighted by atomic mass is 32.1. The summed E-state index contributed by atoms with van der Waals surface area (Å²) in [5.74, 6) is 0.698. The summed E-state index contributed by atoms with van der Waals surface area (Å²) in [5, 5.41) is 0. The summed E-state index contributed by atoms with van der Waals surface area (Å²) in [6.45, 7) is 13.0. The van der Waals surface area contributed by atoms with Gasteiger partial charge in [-0.3, -0.25) is 0 Å². The molecule has 2 aromatic rings. The summed E-state index contributed by atoms with van der Waals surface area (Å²) in [6.07, 6.45) is 1.22. The van der Waals surface area contributed by atoms with Crippen molar-refractivity contribution in [1.82, 2.24) is 0 Å². The average molecular weight is 301 g/mol. The average Bonchev–Trinajstić information content (AvgIpc) is 2.46. The van der Waals surface area contributed by atoms with Crippen molar-refractivity contribution in [2.24, 2.45) is 0 Å². The van der Waals surface area contributed by atoms with Crippen LogP contribution in [0.3, 0.4) is 0 Å². The van der Waals surface area contributed by atoms with Gasteiger partial charge in [0, 0.05) is 4.90 Å². The van der Waals surface area contributed by atoms with Crippen molar-refractivity contribution in [3.8, 4) is 0 Å². The summed E-state index contributed by atoms with van der Waals surface area (Å²) in [4.78, 5) is 1.07. The molecular formula is C20H28S. The van der Waals surface area contributed by atoms with Gasteiger partial charge in [-0.25, -0.2) is 0 Å². The molecule has 0 aromatic heterocycles. The summed E-state index contributed by atoms with van der Waals surface area (Å²) < 4.78 is 0. The maximum Gasteiger partial charge on any atom is 0.00694 e. The minimum absolute atomic E-state index is 0.698. The molecule has 0 saturated carbocycles. The van der Waals surface area contributed by atoms with Crippen molar-refractivity contribution < 1.29 is 0 Å². The Morgan fingerprint density at radius 2 is 1.52 bits per heavy atom. The molecule has 0 heterocycles. The zero-order valence-corrected chi connectivity index (χ0v) is 15.1. The molecule has 0 amide bonds. The molecule has 0 aliphatic rings. The van der Waals surface area contributed by atoms with Crippen LogP contribution in [0, 0.1) is 27.7 Å². The lowest BCUT2D eigenvalue weighted by molar-refractivity contribution is 0.732. The minimum atomic E-state index is 0.698. The summed E-state index contributed by atoms with van der Waals surface area (Å²) >= 11 is 4.25. The number of hydrogen-bond donors (Lipinski definition) is 1. The van der Waals surface area contributed by atoms with Crippen LogP contribution >= 0.6 is 12.6 Å². The van der Waals surface area contributed by atoms with E-state index in [4.69, 9.17) is 0 Å². The van der Waals surface area contributed by atoms with Gasteiger partial charge in [0.15, 0.2) is 0 Å². The van der Waals surface area contributed by atoms with Gasteiger partial charge in [0.25, 0.3) is 0 Å². The zero-order chi connectivity index (χ0) is 16.0. The Morgan fingerprint density at radius 3 is 2.00 bits per heavy atom. The Morgan fingerprint density at radius 1 is 0.857 bits per heavy atom. The van der Waals surface area contributed by atoms with E-state index in [1.54, 1.807) is 0 Å². The largest absolute Gasteiger partial charge is 0.143 e. The Balaban J connectivity index is 0.000000219. The van der Waals surface area contributed by atoms with Crippen molar-refractivity contribution in [3.63, 3.8) is 0 Å². The van der Waals surface area contributed by atoms with E-state index in [0.29, 0.717) is 5.92 Å². The summed E-state index contributed by atoms with van der Waals surface area (Å²) in [5.41, 5.74) is 6.82. The smallest absolute Gasteiger partial charge is 0.00694 e. The fourth-order valence-electron chi connectivity index (χ4n) is 2.11. The zero-order valence-electron chi connectivity index (χ0n) is 14.2. The van der Waals surface area contributed by atoms with Crippen molar-refractivity contribution in [3.05, 3.63) is 64.2 Å². The third-order valence-corrected chi connectivity index (χ3v) is 4.57. The van der Waals surface area contributed by atoms with E-state index in [0.717, 1.165) is 4.90 Å². The molecule has 0 aliphatic carbocycles. The van der Waals surface area contributed by atoms with Crippen LogP contribution in [0.25, 0.3) is 0 Å². The highest BCUT2D eigenvalue weighted by Gasteiger charge is 2.02.